The molecule has 164 valence electrons. The Balaban J connectivity index is 1.79. The summed E-state index contributed by atoms with van der Waals surface area (Å²) in [7, 11) is 0. The molecule has 0 radical (unpaired) electrons. The number of fused-ring (bicyclic) bond motifs is 2. The number of nitrogens with zero attached hydrogens (tertiary/aromatic N) is 2. The Morgan fingerprint density at radius 3 is 2.39 bits per heavy atom. The van der Waals surface area contributed by atoms with E-state index in [2.05, 4.69) is 0 Å². The van der Waals surface area contributed by atoms with Gasteiger partial charge < -0.3 is 4.42 Å². The highest BCUT2D eigenvalue weighted by atomic mass is 35.5. The molecule has 4 aromatic rings. The van der Waals surface area contributed by atoms with Crippen molar-refractivity contribution >= 4 is 51.5 Å². The Kier molecular flexibility index (Phi) is 4.96. The van der Waals surface area contributed by atoms with E-state index in [1.165, 1.54) is 35.2 Å². The van der Waals surface area contributed by atoms with E-state index >= 15 is 0 Å². The molecule has 1 aliphatic rings. The van der Waals surface area contributed by atoms with Crippen molar-refractivity contribution in [3.05, 3.63) is 113 Å². The third-order valence-electron chi connectivity index (χ3n) is 5.69. The van der Waals surface area contributed by atoms with E-state index in [0.717, 1.165) is 5.56 Å². The minimum atomic E-state index is -0.869. The predicted octanol–water partition coefficient (Wildman–Crippen LogP) is 6.07. The third kappa shape index (κ3) is 3.37. The Bertz CT molecular complexity index is 1530. The van der Waals surface area contributed by atoms with E-state index in [4.69, 9.17) is 27.6 Å². The summed E-state index contributed by atoms with van der Waals surface area (Å²) in [6.45, 7) is 1.84. The second-order valence-corrected chi connectivity index (χ2v) is 8.52. The lowest BCUT2D eigenvalue weighted by Crippen LogP contribution is -2.29. The maximum Gasteiger partial charge on any atom is 0.295 e. The monoisotopic (exact) mass is 480 g/mol. The largest absolute Gasteiger partial charge is 0.450 e. The molecule has 0 aliphatic carbocycles. The van der Waals surface area contributed by atoms with Gasteiger partial charge in [0.25, 0.3) is 11.6 Å². The van der Waals surface area contributed by atoms with Crippen LogP contribution in [0.1, 0.15) is 33.3 Å². The number of halogens is 2. The van der Waals surface area contributed by atoms with Crippen LogP contribution in [0.15, 0.2) is 69.9 Å². The van der Waals surface area contributed by atoms with Crippen molar-refractivity contribution in [1.82, 2.24) is 0 Å². The number of nitro groups is 1. The molecule has 7 nitrogen and oxygen atoms in total. The van der Waals surface area contributed by atoms with Crippen LogP contribution in [0.3, 0.4) is 0 Å². The van der Waals surface area contributed by atoms with Crippen LogP contribution in [0, 0.1) is 17.0 Å². The molecule has 0 bridgehead atoms. The Morgan fingerprint density at radius 2 is 1.73 bits per heavy atom. The van der Waals surface area contributed by atoms with E-state index < -0.39 is 22.3 Å². The zero-order chi connectivity index (χ0) is 23.4. The smallest absolute Gasteiger partial charge is 0.295 e. The van der Waals surface area contributed by atoms with Crippen LogP contribution in [-0.2, 0) is 0 Å². The fourth-order valence-corrected chi connectivity index (χ4v) is 4.38. The number of carbonyl (C=O) groups is 1. The minimum absolute atomic E-state index is 0.0881. The summed E-state index contributed by atoms with van der Waals surface area (Å²) in [6.07, 6.45) is 0. The van der Waals surface area contributed by atoms with E-state index in [9.17, 15) is 19.7 Å². The maximum atomic E-state index is 13.5. The Hall–Kier alpha value is -3.68. The van der Waals surface area contributed by atoms with Gasteiger partial charge in [0.15, 0.2) is 5.43 Å². The molecule has 0 spiro atoms. The summed E-state index contributed by atoms with van der Waals surface area (Å²) < 4.78 is 5.88. The van der Waals surface area contributed by atoms with Gasteiger partial charge in [-0.15, -0.1) is 0 Å². The number of non-ortho nitro benzene ring substituents is 1. The van der Waals surface area contributed by atoms with Crippen molar-refractivity contribution in [2.75, 3.05) is 4.90 Å². The van der Waals surface area contributed by atoms with E-state index in [0.29, 0.717) is 21.3 Å². The quantitative estimate of drug-likeness (QED) is 0.262. The summed E-state index contributed by atoms with van der Waals surface area (Å²) in [5.41, 5.74) is 1.68. The second-order valence-electron chi connectivity index (χ2n) is 7.67. The molecule has 5 rings (SSSR count). The standard InChI is InChI=1S/C24H14Cl2N2O5/c1-12-2-6-16(11-18(12)26)27-21(13-3-7-15(8-4-13)28(31)32)20-22(29)17-10-14(25)5-9-19(17)33-23(20)24(27)30/h2-11,21H,1H3. The molecule has 9 heteroatoms. The molecular weight excluding hydrogens is 467 g/mol. The highest BCUT2D eigenvalue weighted by Crippen LogP contribution is 2.42. The first-order valence-electron chi connectivity index (χ1n) is 9.86. The molecule has 1 atom stereocenters. The summed E-state index contributed by atoms with van der Waals surface area (Å²) in [5.74, 6) is -0.600. The van der Waals surface area contributed by atoms with Crippen molar-refractivity contribution in [1.29, 1.82) is 0 Å². The maximum absolute atomic E-state index is 13.5. The lowest BCUT2D eigenvalue weighted by atomic mass is 9.98. The number of benzene rings is 3. The van der Waals surface area contributed by atoms with Crippen LogP contribution in [0.4, 0.5) is 11.4 Å². The first-order valence-corrected chi connectivity index (χ1v) is 10.6. The molecule has 1 amide bonds. The van der Waals surface area contributed by atoms with Gasteiger partial charge in [-0.25, -0.2) is 0 Å². The molecule has 0 saturated heterocycles. The van der Waals surface area contributed by atoms with Crippen molar-refractivity contribution in [2.45, 2.75) is 13.0 Å². The number of carbonyl (C=O) groups excluding carboxylic acids is 1. The van der Waals surface area contributed by atoms with Gasteiger partial charge in [0.1, 0.15) is 5.58 Å². The lowest BCUT2D eigenvalue weighted by Gasteiger charge is -2.25. The van der Waals surface area contributed by atoms with Gasteiger partial charge >= 0.3 is 0 Å². The number of hydrogen-bond acceptors (Lipinski definition) is 5. The van der Waals surface area contributed by atoms with E-state index in [1.54, 1.807) is 30.3 Å². The fourth-order valence-electron chi connectivity index (χ4n) is 4.04. The summed E-state index contributed by atoms with van der Waals surface area (Å²) in [5, 5.41) is 12.2. The van der Waals surface area contributed by atoms with Gasteiger partial charge in [-0.05, 0) is 60.5 Å². The molecular formula is C24H14Cl2N2O5. The minimum Gasteiger partial charge on any atom is -0.450 e. The van der Waals surface area contributed by atoms with Crippen molar-refractivity contribution in [2.24, 2.45) is 0 Å². The summed E-state index contributed by atoms with van der Waals surface area (Å²) in [4.78, 5) is 39.1. The van der Waals surface area contributed by atoms with Crippen molar-refractivity contribution in [3.8, 4) is 0 Å². The summed E-state index contributed by atoms with van der Waals surface area (Å²) >= 11 is 12.4. The predicted molar refractivity (Wildman–Crippen MR) is 125 cm³/mol. The van der Waals surface area contributed by atoms with Gasteiger partial charge in [0.2, 0.25) is 5.76 Å². The molecule has 0 N–H and O–H groups in total. The second kappa shape index (κ2) is 7.72. The first kappa shape index (κ1) is 21.2. The van der Waals surface area contributed by atoms with Crippen LogP contribution < -0.4 is 10.3 Å². The van der Waals surface area contributed by atoms with Gasteiger partial charge in [0.05, 0.1) is 21.9 Å². The highest BCUT2D eigenvalue weighted by Gasteiger charge is 2.43. The number of nitro benzene ring substituents is 1. The SMILES string of the molecule is Cc1ccc(N2C(=O)c3oc4ccc(Cl)cc4c(=O)c3C2c2ccc([N+](=O)[O-])cc2)cc1Cl. The number of rotatable bonds is 3. The fraction of sp³-hybridized carbons (Fsp3) is 0.0833. The Labute approximate surface area is 196 Å². The first-order chi connectivity index (χ1) is 15.8. The molecule has 33 heavy (non-hydrogen) atoms. The number of amides is 1. The zero-order valence-corrected chi connectivity index (χ0v) is 18.6. The molecule has 0 fully saturated rings. The van der Waals surface area contributed by atoms with Crippen LogP contribution >= 0.6 is 23.2 Å². The third-order valence-corrected chi connectivity index (χ3v) is 6.33. The normalized spacial score (nSPS) is 15.2. The number of hydrogen-bond donors (Lipinski definition) is 0. The number of anilines is 1. The van der Waals surface area contributed by atoms with Crippen LogP contribution in [0.2, 0.25) is 10.0 Å². The molecule has 2 heterocycles. The zero-order valence-electron chi connectivity index (χ0n) is 17.0. The number of aryl methyl sites for hydroxylation is 1. The van der Waals surface area contributed by atoms with Crippen LogP contribution in [-0.4, -0.2) is 10.8 Å². The highest BCUT2D eigenvalue weighted by molar-refractivity contribution is 6.32. The van der Waals surface area contributed by atoms with Crippen LogP contribution in [0.25, 0.3) is 11.0 Å². The molecule has 1 unspecified atom stereocenters. The molecule has 3 aromatic carbocycles. The van der Waals surface area contributed by atoms with Gasteiger partial charge in [-0.2, -0.15) is 0 Å². The van der Waals surface area contributed by atoms with Gasteiger partial charge in [-0.3, -0.25) is 24.6 Å². The summed E-state index contributed by atoms with van der Waals surface area (Å²) in [6, 6.07) is 14.6. The average molecular weight is 481 g/mol. The topological polar surface area (TPSA) is 93.7 Å². The van der Waals surface area contributed by atoms with Crippen LogP contribution in [0.5, 0.6) is 0 Å². The molecule has 1 aliphatic heterocycles. The van der Waals surface area contributed by atoms with E-state index in [-0.39, 0.29) is 28.0 Å². The van der Waals surface area contributed by atoms with E-state index in [1.807, 2.05) is 6.92 Å². The van der Waals surface area contributed by atoms with Crippen molar-refractivity contribution < 1.29 is 14.1 Å². The van der Waals surface area contributed by atoms with Crippen molar-refractivity contribution in [3.63, 3.8) is 0 Å². The van der Waals surface area contributed by atoms with Gasteiger partial charge in [-0.1, -0.05) is 29.3 Å². The molecule has 1 aromatic heterocycles. The molecule has 0 saturated carbocycles. The van der Waals surface area contributed by atoms with Gasteiger partial charge in [0, 0.05) is 27.9 Å². The Morgan fingerprint density at radius 1 is 1.00 bits per heavy atom. The lowest BCUT2D eigenvalue weighted by molar-refractivity contribution is -0.384. The average Bonchev–Trinajstić information content (AvgIpc) is 3.09.